The van der Waals surface area contributed by atoms with E-state index in [1.165, 1.54) is 9.80 Å². The lowest BCUT2D eigenvalue weighted by Gasteiger charge is -2.27. The van der Waals surface area contributed by atoms with Crippen LogP contribution in [0.3, 0.4) is 0 Å². The van der Waals surface area contributed by atoms with Crippen LogP contribution in [0.1, 0.15) is 51.4 Å². The second-order valence-corrected chi connectivity index (χ2v) is 8.41. The van der Waals surface area contributed by atoms with Crippen LogP contribution in [-0.2, 0) is 19.2 Å². The molecule has 0 aromatic heterocycles. The smallest absolute Gasteiger partial charge is 0.326 e. The maximum absolute atomic E-state index is 12.5. The number of aliphatic carboxylic acids is 2. The molecule has 162 valence electrons. The van der Waals surface area contributed by atoms with Gasteiger partial charge in [0.2, 0.25) is 11.8 Å². The number of hydrogen-bond donors (Lipinski definition) is 2. The Bertz CT molecular complexity index is 602. The van der Waals surface area contributed by atoms with Crippen LogP contribution in [0.4, 0.5) is 0 Å². The third kappa shape index (κ3) is 5.68. The molecule has 0 radical (unpaired) electrons. The van der Waals surface area contributed by atoms with Gasteiger partial charge >= 0.3 is 11.9 Å². The van der Waals surface area contributed by atoms with Crippen LogP contribution in [0.25, 0.3) is 0 Å². The monoisotopic (exact) mass is 409 g/mol. The van der Waals surface area contributed by atoms with Crippen LogP contribution >= 0.6 is 0 Å². The van der Waals surface area contributed by atoms with Crippen molar-refractivity contribution < 1.29 is 29.4 Å². The summed E-state index contributed by atoms with van der Waals surface area (Å²) < 4.78 is 0. The largest absolute Gasteiger partial charge is 0.480 e. The third-order valence-electron chi connectivity index (χ3n) is 6.21. The summed E-state index contributed by atoms with van der Waals surface area (Å²) in [4.78, 5) is 52.7. The van der Waals surface area contributed by atoms with Gasteiger partial charge in [-0.3, -0.25) is 9.59 Å². The molecule has 3 fully saturated rings. The average Bonchev–Trinajstić information content (AvgIpc) is 3.16. The molecule has 3 rings (SSSR count). The molecule has 1 aliphatic carbocycles. The van der Waals surface area contributed by atoms with Crippen molar-refractivity contribution >= 4 is 23.8 Å². The molecule has 1 saturated carbocycles. The first-order valence-corrected chi connectivity index (χ1v) is 10.6. The van der Waals surface area contributed by atoms with E-state index in [1.807, 2.05) is 0 Å². The first-order valence-electron chi connectivity index (χ1n) is 10.6. The van der Waals surface area contributed by atoms with E-state index in [-0.39, 0.29) is 24.7 Å². The van der Waals surface area contributed by atoms with Crippen molar-refractivity contribution in [3.05, 3.63) is 0 Å². The number of hydrogen-bond acceptors (Lipinski definition) is 5. The van der Waals surface area contributed by atoms with Gasteiger partial charge in [-0.2, -0.15) is 0 Å². The highest BCUT2D eigenvalue weighted by Gasteiger charge is 2.35. The third-order valence-corrected chi connectivity index (χ3v) is 6.21. The van der Waals surface area contributed by atoms with Gasteiger partial charge in [0.1, 0.15) is 12.1 Å². The molecular weight excluding hydrogens is 378 g/mol. The van der Waals surface area contributed by atoms with Gasteiger partial charge < -0.3 is 24.9 Å². The zero-order valence-corrected chi connectivity index (χ0v) is 16.8. The van der Waals surface area contributed by atoms with E-state index in [0.717, 1.165) is 19.4 Å². The van der Waals surface area contributed by atoms with Gasteiger partial charge in [0.05, 0.1) is 0 Å². The minimum atomic E-state index is -0.949. The zero-order valence-electron chi connectivity index (χ0n) is 16.8. The second kappa shape index (κ2) is 9.56. The Kier molecular flexibility index (Phi) is 7.10. The average molecular weight is 409 g/mol. The quantitative estimate of drug-likeness (QED) is 0.543. The fourth-order valence-corrected chi connectivity index (χ4v) is 4.40. The molecule has 2 N–H and O–H groups in total. The number of carboxylic acid groups (broad SMARTS) is 2. The highest BCUT2D eigenvalue weighted by Crippen LogP contribution is 2.30. The summed E-state index contributed by atoms with van der Waals surface area (Å²) >= 11 is 0. The Morgan fingerprint density at radius 3 is 1.59 bits per heavy atom. The van der Waals surface area contributed by atoms with E-state index in [2.05, 4.69) is 4.90 Å². The molecule has 0 aromatic carbocycles. The predicted octanol–water partition coefficient (Wildman–Crippen LogP) is 0.630. The summed E-state index contributed by atoms with van der Waals surface area (Å²) in [5.41, 5.74) is 0. The van der Waals surface area contributed by atoms with E-state index in [4.69, 9.17) is 0 Å². The van der Waals surface area contributed by atoms with Crippen LogP contribution in [0.15, 0.2) is 0 Å². The van der Waals surface area contributed by atoms with Gasteiger partial charge in [0.25, 0.3) is 0 Å². The summed E-state index contributed by atoms with van der Waals surface area (Å²) in [6.07, 6.45) is 5.22. The van der Waals surface area contributed by atoms with E-state index >= 15 is 0 Å². The molecule has 0 aromatic rings. The molecular formula is C20H31N3O6. The van der Waals surface area contributed by atoms with Crippen molar-refractivity contribution in [2.75, 3.05) is 32.7 Å². The maximum atomic E-state index is 12.5. The number of amides is 2. The number of likely N-dealkylation sites (tertiary alicyclic amines) is 2. The molecule has 29 heavy (non-hydrogen) atoms. The summed E-state index contributed by atoms with van der Waals surface area (Å²) in [5, 5.41) is 18.5. The Labute approximate surface area is 170 Å². The molecule has 2 amide bonds. The van der Waals surface area contributed by atoms with Crippen LogP contribution < -0.4 is 0 Å². The van der Waals surface area contributed by atoms with E-state index in [9.17, 15) is 29.4 Å². The van der Waals surface area contributed by atoms with E-state index < -0.39 is 24.0 Å². The van der Waals surface area contributed by atoms with Crippen molar-refractivity contribution in [1.29, 1.82) is 0 Å². The van der Waals surface area contributed by atoms with Gasteiger partial charge in [-0.25, -0.2) is 9.59 Å². The number of carboxylic acids is 2. The normalized spacial score (nSPS) is 24.3. The number of carbonyl (C=O) groups excluding carboxylic acids is 2. The van der Waals surface area contributed by atoms with Crippen LogP contribution in [0.2, 0.25) is 0 Å². The first kappa shape index (κ1) is 21.5. The minimum Gasteiger partial charge on any atom is -0.480 e. The van der Waals surface area contributed by atoms with Gasteiger partial charge in [-0.15, -0.1) is 0 Å². The summed E-state index contributed by atoms with van der Waals surface area (Å²) in [7, 11) is 0. The summed E-state index contributed by atoms with van der Waals surface area (Å²) in [6, 6.07) is -1.44. The molecule has 9 nitrogen and oxygen atoms in total. The van der Waals surface area contributed by atoms with Gasteiger partial charge in [-0.1, -0.05) is 0 Å². The molecule has 3 aliphatic rings. The maximum Gasteiger partial charge on any atom is 0.326 e. The fourth-order valence-electron chi connectivity index (χ4n) is 4.40. The highest BCUT2D eigenvalue weighted by atomic mass is 16.4. The Morgan fingerprint density at radius 2 is 1.21 bits per heavy atom. The Hall–Kier alpha value is -2.16. The molecule has 2 heterocycles. The van der Waals surface area contributed by atoms with Gasteiger partial charge in [0, 0.05) is 45.6 Å². The second-order valence-electron chi connectivity index (χ2n) is 8.41. The van der Waals surface area contributed by atoms with Crippen LogP contribution in [-0.4, -0.2) is 93.5 Å². The lowest BCUT2D eigenvalue weighted by Crippen LogP contribution is -2.43. The standard InChI is InChI=1S/C20H31N3O6/c24-17(22-9-1-3-15(22)19(26)27)7-11-21(13-14-5-6-14)12-8-18(25)23-10-2-4-16(23)20(28)29/h14-16H,1-13H2,(H,26,27)(H,28,29)/t15-,16-/m1/s1. The Morgan fingerprint density at radius 1 is 0.759 bits per heavy atom. The molecule has 0 spiro atoms. The molecule has 9 heteroatoms. The van der Waals surface area contributed by atoms with E-state index in [0.29, 0.717) is 57.8 Å². The van der Waals surface area contributed by atoms with Gasteiger partial charge in [0.15, 0.2) is 0 Å². The predicted molar refractivity (Wildman–Crippen MR) is 103 cm³/mol. The number of rotatable bonds is 10. The lowest BCUT2D eigenvalue weighted by atomic mass is 10.2. The van der Waals surface area contributed by atoms with Crippen molar-refractivity contribution in [2.45, 2.75) is 63.5 Å². The van der Waals surface area contributed by atoms with Crippen LogP contribution in [0.5, 0.6) is 0 Å². The fraction of sp³-hybridized carbons (Fsp3) is 0.800. The van der Waals surface area contributed by atoms with Crippen molar-refractivity contribution in [3.8, 4) is 0 Å². The molecule has 2 atom stereocenters. The van der Waals surface area contributed by atoms with Crippen molar-refractivity contribution in [2.24, 2.45) is 5.92 Å². The minimum absolute atomic E-state index is 0.146. The lowest BCUT2D eigenvalue weighted by molar-refractivity contribution is -0.148. The van der Waals surface area contributed by atoms with Crippen molar-refractivity contribution in [1.82, 2.24) is 14.7 Å². The molecule has 0 bridgehead atoms. The number of nitrogens with zero attached hydrogens (tertiary/aromatic N) is 3. The van der Waals surface area contributed by atoms with Gasteiger partial charge in [-0.05, 0) is 44.4 Å². The first-order chi connectivity index (χ1) is 13.9. The Balaban J connectivity index is 1.49. The van der Waals surface area contributed by atoms with Crippen LogP contribution in [0, 0.1) is 5.92 Å². The zero-order chi connectivity index (χ0) is 21.0. The molecule has 0 unspecified atom stereocenters. The van der Waals surface area contributed by atoms with E-state index in [1.54, 1.807) is 0 Å². The topological polar surface area (TPSA) is 118 Å². The molecule has 2 aliphatic heterocycles. The SMILES string of the molecule is O=C(O)[C@H]1CCCN1C(=O)CCN(CCC(=O)N1CCC[C@@H]1C(=O)O)CC1CC1. The molecule has 2 saturated heterocycles. The summed E-state index contributed by atoms with van der Waals surface area (Å²) in [5.74, 6) is -1.60. The summed E-state index contributed by atoms with van der Waals surface area (Å²) in [6.45, 7) is 2.79. The number of carbonyl (C=O) groups is 4. The van der Waals surface area contributed by atoms with Crippen molar-refractivity contribution in [3.63, 3.8) is 0 Å². The highest BCUT2D eigenvalue weighted by molar-refractivity contribution is 5.85.